The largest absolute Gasteiger partial charge is 0.207 e. The molecule has 1 aliphatic carbocycles. The van der Waals surface area contributed by atoms with E-state index in [2.05, 4.69) is 22.9 Å². The molecule has 1 saturated carbocycles. The second kappa shape index (κ2) is 7.08. The smallest absolute Gasteiger partial charge is 0.124 e. The third-order valence-electron chi connectivity index (χ3n) is 4.19. The van der Waals surface area contributed by atoms with Crippen molar-refractivity contribution in [3.8, 4) is 0 Å². The summed E-state index contributed by atoms with van der Waals surface area (Å²) in [5, 5.41) is 0.269. The van der Waals surface area contributed by atoms with Crippen molar-refractivity contribution in [1.29, 1.82) is 0 Å². The van der Waals surface area contributed by atoms with E-state index in [1.165, 1.54) is 37.3 Å². The van der Waals surface area contributed by atoms with Gasteiger partial charge in [-0.05, 0) is 55.2 Å². The van der Waals surface area contributed by atoms with Gasteiger partial charge in [0, 0.05) is 9.85 Å². The minimum absolute atomic E-state index is 0.189. The maximum absolute atomic E-state index is 13.1. The van der Waals surface area contributed by atoms with Crippen LogP contribution in [0.15, 0.2) is 22.7 Å². The molecule has 0 bridgehead atoms. The summed E-state index contributed by atoms with van der Waals surface area (Å²) < 4.78 is 14.0. The monoisotopic (exact) mass is 346 g/mol. The van der Waals surface area contributed by atoms with Crippen molar-refractivity contribution in [2.45, 2.75) is 50.8 Å². The molecule has 1 aromatic carbocycles. The predicted molar refractivity (Wildman–Crippen MR) is 83.2 cm³/mol. The molecule has 0 aliphatic heterocycles. The summed E-state index contributed by atoms with van der Waals surface area (Å²) >= 11 is 9.95. The fourth-order valence-corrected chi connectivity index (χ4v) is 4.01. The van der Waals surface area contributed by atoms with Gasteiger partial charge in [-0.1, -0.05) is 41.8 Å². The molecule has 0 amide bonds. The molecule has 3 unspecified atom stereocenters. The highest BCUT2D eigenvalue weighted by atomic mass is 79.9. The first-order chi connectivity index (χ1) is 9.10. The highest BCUT2D eigenvalue weighted by Crippen LogP contribution is 2.37. The van der Waals surface area contributed by atoms with Gasteiger partial charge in [0.15, 0.2) is 0 Å². The van der Waals surface area contributed by atoms with E-state index in [1.54, 1.807) is 6.07 Å². The van der Waals surface area contributed by atoms with E-state index in [4.69, 9.17) is 11.6 Å². The van der Waals surface area contributed by atoms with Crippen LogP contribution in [0.3, 0.4) is 0 Å². The van der Waals surface area contributed by atoms with E-state index in [0.717, 1.165) is 23.2 Å². The normalized spacial score (nSPS) is 27.5. The fourth-order valence-electron chi connectivity index (χ4n) is 3.18. The van der Waals surface area contributed by atoms with Crippen molar-refractivity contribution in [2.24, 2.45) is 11.8 Å². The minimum atomic E-state index is -0.189. The van der Waals surface area contributed by atoms with E-state index in [0.29, 0.717) is 5.92 Å². The summed E-state index contributed by atoms with van der Waals surface area (Å²) in [5.41, 5.74) is 1.18. The lowest BCUT2D eigenvalue weighted by atomic mass is 9.76. The molecular formula is C16H21BrClF. The lowest BCUT2D eigenvalue weighted by molar-refractivity contribution is 0.257. The SMILES string of the molecule is CCCC1CCC(Cl)C(Cc2ccc(F)cc2Br)C1. The van der Waals surface area contributed by atoms with Crippen LogP contribution in [-0.4, -0.2) is 5.38 Å². The van der Waals surface area contributed by atoms with Crippen LogP contribution in [0.2, 0.25) is 0 Å². The first kappa shape index (κ1) is 15.3. The number of halogens is 3. The Morgan fingerprint density at radius 2 is 2.16 bits per heavy atom. The molecule has 3 atom stereocenters. The quantitative estimate of drug-likeness (QED) is 0.590. The van der Waals surface area contributed by atoms with Crippen molar-refractivity contribution in [2.75, 3.05) is 0 Å². The first-order valence-corrected chi connectivity index (χ1v) is 8.41. The standard InChI is InChI=1S/C16H21BrClF/c1-2-3-11-4-7-16(18)13(8-11)9-12-5-6-14(19)10-15(12)17/h5-6,10-11,13,16H,2-4,7-9H2,1H3. The summed E-state index contributed by atoms with van der Waals surface area (Å²) in [7, 11) is 0. The van der Waals surface area contributed by atoms with Crippen LogP contribution in [0.5, 0.6) is 0 Å². The molecule has 0 heterocycles. The zero-order valence-corrected chi connectivity index (χ0v) is 13.7. The van der Waals surface area contributed by atoms with E-state index in [9.17, 15) is 4.39 Å². The van der Waals surface area contributed by atoms with Crippen molar-refractivity contribution in [3.63, 3.8) is 0 Å². The molecule has 0 spiro atoms. The third-order valence-corrected chi connectivity index (χ3v) is 5.51. The Morgan fingerprint density at radius 1 is 1.37 bits per heavy atom. The van der Waals surface area contributed by atoms with Crippen LogP contribution in [0, 0.1) is 17.7 Å². The van der Waals surface area contributed by atoms with Gasteiger partial charge in [0.1, 0.15) is 5.82 Å². The summed E-state index contributed by atoms with van der Waals surface area (Å²) in [6.07, 6.45) is 7.12. The number of hydrogen-bond acceptors (Lipinski definition) is 0. The average molecular weight is 348 g/mol. The van der Waals surface area contributed by atoms with Crippen LogP contribution in [0.4, 0.5) is 4.39 Å². The second-order valence-electron chi connectivity index (χ2n) is 5.68. The minimum Gasteiger partial charge on any atom is -0.207 e. The molecule has 106 valence electrons. The van der Waals surface area contributed by atoms with Gasteiger partial charge in [-0.15, -0.1) is 11.6 Å². The van der Waals surface area contributed by atoms with Crippen LogP contribution in [-0.2, 0) is 6.42 Å². The van der Waals surface area contributed by atoms with E-state index < -0.39 is 0 Å². The number of rotatable bonds is 4. The first-order valence-electron chi connectivity index (χ1n) is 7.18. The second-order valence-corrected chi connectivity index (χ2v) is 7.10. The molecule has 1 aliphatic rings. The molecule has 2 rings (SSSR count). The lowest BCUT2D eigenvalue weighted by Gasteiger charge is -2.33. The van der Waals surface area contributed by atoms with E-state index >= 15 is 0 Å². The molecule has 1 aromatic rings. The van der Waals surface area contributed by atoms with Crippen LogP contribution in [0.25, 0.3) is 0 Å². The summed E-state index contributed by atoms with van der Waals surface area (Å²) in [6.45, 7) is 2.25. The van der Waals surface area contributed by atoms with Gasteiger partial charge >= 0.3 is 0 Å². The highest BCUT2D eigenvalue weighted by molar-refractivity contribution is 9.10. The lowest BCUT2D eigenvalue weighted by Crippen LogP contribution is -2.27. The molecule has 1 fully saturated rings. The van der Waals surface area contributed by atoms with Crippen LogP contribution in [0.1, 0.15) is 44.6 Å². The van der Waals surface area contributed by atoms with Gasteiger partial charge < -0.3 is 0 Å². The van der Waals surface area contributed by atoms with Crippen molar-refractivity contribution < 1.29 is 4.39 Å². The molecule has 0 saturated heterocycles. The predicted octanol–water partition coefficient (Wildman–Crippen LogP) is 5.95. The summed E-state index contributed by atoms with van der Waals surface area (Å²) in [4.78, 5) is 0. The molecule has 19 heavy (non-hydrogen) atoms. The Labute approximate surface area is 128 Å². The van der Waals surface area contributed by atoms with Crippen LogP contribution < -0.4 is 0 Å². The highest BCUT2D eigenvalue weighted by Gasteiger charge is 2.29. The zero-order chi connectivity index (χ0) is 13.8. The van der Waals surface area contributed by atoms with E-state index in [-0.39, 0.29) is 11.2 Å². The topological polar surface area (TPSA) is 0 Å². The fraction of sp³-hybridized carbons (Fsp3) is 0.625. The molecule has 3 heteroatoms. The molecule has 0 aromatic heterocycles. The van der Waals surface area contributed by atoms with Gasteiger partial charge in [-0.25, -0.2) is 4.39 Å². The molecule has 0 nitrogen and oxygen atoms in total. The Hall–Kier alpha value is -0.0800. The molecule has 0 radical (unpaired) electrons. The number of alkyl halides is 1. The summed E-state index contributed by atoms with van der Waals surface area (Å²) in [6, 6.07) is 4.97. The Morgan fingerprint density at radius 3 is 2.84 bits per heavy atom. The van der Waals surface area contributed by atoms with Gasteiger partial charge in [0.25, 0.3) is 0 Å². The molecular weight excluding hydrogens is 327 g/mol. The Kier molecular flexibility index (Phi) is 5.70. The maximum atomic E-state index is 13.1. The number of benzene rings is 1. The zero-order valence-electron chi connectivity index (χ0n) is 11.3. The van der Waals surface area contributed by atoms with Crippen LogP contribution >= 0.6 is 27.5 Å². The van der Waals surface area contributed by atoms with Gasteiger partial charge in [0.05, 0.1) is 0 Å². The van der Waals surface area contributed by atoms with Crippen molar-refractivity contribution in [1.82, 2.24) is 0 Å². The average Bonchev–Trinajstić information content (AvgIpc) is 2.37. The van der Waals surface area contributed by atoms with Gasteiger partial charge in [0.2, 0.25) is 0 Å². The Bertz CT molecular complexity index is 421. The van der Waals surface area contributed by atoms with E-state index in [1.807, 2.05) is 6.07 Å². The van der Waals surface area contributed by atoms with Gasteiger partial charge in [-0.2, -0.15) is 0 Å². The molecule has 0 N–H and O–H groups in total. The summed E-state index contributed by atoms with van der Waals surface area (Å²) in [5.74, 6) is 1.16. The van der Waals surface area contributed by atoms with Crippen molar-refractivity contribution >= 4 is 27.5 Å². The van der Waals surface area contributed by atoms with Gasteiger partial charge in [-0.3, -0.25) is 0 Å². The van der Waals surface area contributed by atoms with Crippen molar-refractivity contribution in [3.05, 3.63) is 34.1 Å². The Balaban J connectivity index is 2.03. The number of hydrogen-bond donors (Lipinski definition) is 0. The third kappa shape index (κ3) is 4.19. The maximum Gasteiger partial charge on any atom is 0.124 e.